The summed E-state index contributed by atoms with van der Waals surface area (Å²) in [6.07, 6.45) is 1.88. The van der Waals surface area contributed by atoms with Crippen LogP contribution in [0.25, 0.3) is 0 Å². The van der Waals surface area contributed by atoms with Crippen LogP contribution >= 0.6 is 0 Å². The Morgan fingerprint density at radius 3 is 2.50 bits per heavy atom. The van der Waals surface area contributed by atoms with Crippen molar-refractivity contribution in [2.24, 2.45) is 5.41 Å². The molecule has 0 atom stereocenters. The Kier molecular flexibility index (Phi) is 4.23. The molecule has 0 aliphatic heterocycles. The van der Waals surface area contributed by atoms with E-state index in [4.69, 9.17) is 4.74 Å². The van der Waals surface area contributed by atoms with Crippen molar-refractivity contribution in [2.45, 2.75) is 26.9 Å². The van der Waals surface area contributed by atoms with Crippen molar-refractivity contribution >= 4 is 12.3 Å². The summed E-state index contributed by atoms with van der Waals surface area (Å²) in [5.41, 5.74) is 0.164. The van der Waals surface area contributed by atoms with Crippen molar-refractivity contribution in [3.8, 4) is 0 Å². The van der Waals surface area contributed by atoms with Gasteiger partial charge in [-0.15, -0.1) is 0 Å². The number of hydrogen-bond acceptors (Lipinski definition) is 3. The normalized spacial score (nSPS) is 10.9. The molecule has 0 aliphatic carbocycles. The van der Waals surface area contributed by atoms with Crippen LogP contribution in [0.1, 0.15) is 25.8 Å². The number of esters is 1. The van der Waals surface area contributed by atoms with Gasteiger partial charge in [-0.25, -0.2) is 0 Å². The minimum Gasteiger partial charge on any atom is -0.461 e. The summed E-state index contributed by atoms with van der Waals surface area (Å²) in [5.74, 6) is -0.378. The first-order valence-electron chi connectivity index (χ1n) is 5.12. The molecule has 3 nitrogen and oxygen atoms in total. The largest absolute Gasteiger partial charge is 0.461 e. The van der Waals surface area contributed by atoms with E-state index < -0.39 is 5.41 Å². The van der Waals surface area contributed by atoms with Gasteiger partial charge in [-0.1, -0.05) is 44.2 Å². The minimum atomic E-state index is -0.770. The summed E-state index contributed by atoms with van der Waals surface area (Å²) >= 11 is 0. The summed E-state index contributed by atoms with van der Waals surface area (Å²) in [6.45, 7) is 3.56. The van der Waals surface area contributed by atoms with Gasteiger partial charge in [0.1, 0.15) is 6.61 Å². The summed E-state index contributed by atoms with van der Waals surface area (Å²) < 4.78 is 5.05. The average molecular weight is 219 g/mol. The molecule has 1 rings (SSSR count). The van der Waals surface area contributed by atoms with Crippen LogP contribution in [0.3, 0.4) is 0 Å². The number of rotatable bonds is 5. The van der Waals surface area contributed by atoms with Gasteiger partial charge >= 0.3 is 5.97 Å². The third kappa shape index (κ3) is 4.26. The van der Waals surface area contributed by atoms with E-state index in [0.717, 1.165) is 5.56 Å². The van der Waals surface area contributed by atoms with E-state index in [1.807, 2.05) is 36.6 Å². The quantitative estimate of drug-likeness (QED) is 0.713. The van der Waals surface area contributed by atoms with Crippen molar-refractivity contribution < 1.29 is 14.3 Å². The highest BCUT2D eigenvalue weighted by atomic mass is 16.5. The fourth-order valence-corrected chi connectivity index (χ4v) is 1.19. The predicted molar refractivity (Wildman–Crippen MR) is 60.3 cm³/mol. The zero-order valence-electron chi connectivity index (χ0n) is 9.53. The first-order chi connectivity index (χ1) is 7.53. The molecule has 16 heavy (non-hydrogen) atoms. The molecule has 1 aromatic carbocycles. The van der Waals surface area contributed by atoms with Gasteiger partial charge < -0.3 is 4.74 Å². The first kappa shape index (κ1) is 12.4. The zero-order valence-corrected chi connectivity index (χ0v) is 9.53. The van der Waals surface area contributed by atoms with Crippen molar-refractivity contribution in [1.82, 2.24) is 0 Å². The summed E-state index contributed by atoms with van der Waals surface area (Å²) in [6, 6.07) is 9.42. The highest BCUT2D eigenvalue weighted by molar-refractivity contribution is 5.75. The third-order valence-electron chi connectivity index (χ3n) is 2.11. The molecule has 0 bridgehead atoms. The van der Waals surface area contributed by atoms with Crippen LogP contribution in [0.5, 0.6) is 0 Å². The van der Waals surface area contributed by atoms with Crippen LogP contribution in [0.4, 0.5) is 0 Å². The van der Waals surface area contributed by atoms with Crippen LogP contribution in [0, 0.1) is 5.41 Å². The molecule has 0 aromatic heterocycles. The summed E-state index contributed by atoms with van der Waals surface area (Å²) in [7, 11) is 0. The molecule has 0 saturated heterocycles. The van der Waals surface area contributed by atoms with Crippen LogP contribution in [-0.4, -0.2) is 12.3 Å². The second-order valence-electron chi connectivity index (χ2n) is 4.31. The standard InChI is InChI=1S/C13H15O3/c1-13(2,10-14)8-12(15)16-9-11-6-4-3-5-7-11/h3-7H,8-9H2,1-2H3. The molecule has 1 aromatic rings. The highest BCUT2D eigenvalue weighted by Gasteiger charge is 2.23. The van der Waals surface area contributed by atoms with Gasteiger partial charge in [-0.05, 0) is 5.56 Å². The maximum atomic E-state index is 11.4. The molecule has 85 valence electrons. The van der Waals surface area contributed by atoms with Gasteiger partial charge in [0, 0.05) is 5.41 Å². The van der Waals surface area contributed by atoms with Gasteiger partial charge in [-0.2, -0.15) is 0 Å². The van der Waals surface area contributed by atoms with E-state index in [-0.39, 0.29) is 19.0 Å². The van der Waals surface area contributed by atoms with Crippen LogP contribution < -0.4 is 0 Å². The smallest absolute Gasteiger partial charge is 0.307 e. The second kappa shape index (κ2) is 5.45. The fraction of sp³-hybridized carbons (Fsp3) is 0.385. The number of hydrogen-bond donors (Lipinski definition) is 0. The Bertz CT molecular complexity index is 355. The molecule has 1 radical (unpaired) electrons. The minimum absolute atomic E-state index is 0.0589. The Hall–Kier alpha value is -1.64. The van der Waals surface area contributed by atoms with Crippen LogP contribution in [0.2, 0.25) is 0 Å². The molecule has 0 aliphatic rings. The Morgan fingerprint density at radius 2 is 1.94 bits per heavy atom. The Balaban J connectivity index is 2.39. The Morgan fingerprint density at radius 1 is 1.31 bits per heavy atom. The monoisotopic (exact) mass is 219 g/mol. The predicted octanol–water partition coefficient (Wildman–Crippen LogP) is 2.26. The molecule has 0 fully saturated rings. The lowest BCUT2D eigenvalue weighted by atomic mass is 9.92. The molecule has 0 heterocycles. The number of carbonyl (C=O) groups is 1. The lowest BCUT2D eigenvalue weighted by molar-refractivity contribution is -0.146. The van der Waals surface area contributed by atoms with E-state index >= 15 is 0 Å². The van der Waals surface area contributed by atoms with Gasteiger partial charge in [0.15, 0.2) is 0 Å². The van der Waals surface area contributed by atoms with Gasteiger partial charge in [0.2, 0.25) is 6.29 Å². The highest BCUT2D eigenvalue weighted by Crippen LogP contribution is 2.17. The Labute approximate surface area is 95.4 Å². The molecule has 0 saturated carbocycles. The van der Waals surface area contributed by atoms with Gasteiger partial charge in [0.05, 0.1) is 6.42 Å². The third-order valence-corrected chi connectivity index (χ3v) is 2.11. The van der Waals surface area contributed by atoms with Crippen molar-refractivity contribution in [2.75, 3.05) is 0 Å². The van der Waals surface area contributed by atoms with Gasteiger partial charge in [-0.3, -0.25) is 9.59 Å². The molecular formula is C13H15O3. The lowest BCUT2D eigenvalue weighted by Crippen LogP contribution is -2.20. The summed E-state index contributed by atoms with van der Waals surface area (Å²) in [4.78, 5) is 21.9. The maximum Gasteiger partial charge on any atom is 0.307 e. The van der Waals surface area contributed by atoms with Crippen LogP contribution in [0.15, 0.2) is 30.3 Å². The van der Waals surface area contributed by atoms with Crippen molar-refractivity contribution in [3.63, 3.8) is 0 Å². The molecule has 3 heteroatoms. The second-order valence-corrected chi connectivity index (χ2v) is 4.31. The molecule has 0 unspecified atom stereocenters. The molecular weight excluding hydrogens is 204 g/mol. The van der Waals surface area contributed by atoms with E-state index in [1.54, 1.807) is 13.8 Å². The zero-order chi connectivity index (χ0) is 12.0. The fourth-order valence-electron chi connectivity index (χ4n) is 1.19. The molecule has 0 N–H and O–H groups in total. The number of benzene rings is 1. The van der Waals surface area contributed by atoms with Crippen molar-refractivity contribution in [1.29, 1.82) is 0 Å². The topological polar surface area (TPSA) is 43.4 Å². The summed E-state index contributed by atoms with van der Waals surface area (Å²) in [5, 5.41) is 0. The van der Waals surface area contributed by atoms with E-state index in [1.165, 1.54) is 0 Å². The lowest BCUT2D eigenvalue weighted by Gasteiger charge is -2.14. The average Bonchev–Trinajstić information content (AvgIpc) is 2.27. The molecule has 0 amide bonds. The van der Waals surface area contributed by atoms with E-state index in [0.29, 0.717) is 0 Å². The van der Waals surface area contributed by atoms with Crippen molar-refractivity contribution in [3.05, 3.63) is 35.9 Å². The maximum absolute atomic E-state index is 11.4. The van der Waals surface area contributed by atoms with Gasteiger partial charge in [0.25, 0.3) is 0 Å². The van der Waals surface area contributed by atoms with E-state index in [2.05, 4.69) is 0 Å². The number of carbonyl (C=O) groups excluding carboxylic acids is 2. The van der Waals surface area contributed by atoms with Crippen LogP contribution in [-0.2, 0) is 20.9 Å². The van der Waals surface area contributed by atoms with E-state index in [9.17, 15) is 9.59 Å². The molecule has 0 spiro atoms. The SMILES string of the molecule is CC(C)([C]=O)CC(=O)OCc1ccccc1. The first-order valence-corrected chi connectivity index (χ1v) is 5.12. The number of ether oxygens (including phenoxy) is 1.